The molecule has 3 rings (SSSR count). The smallest absolute Gasteiger partial charge is 0.231 e. The Morgan fingerprint density at radius 3 is 2.60 bits per heavy atom. The summed E-state index contributed by atoms with van der Waals surface area (Å²) >= 11 is 0. The van der Waals surface area contributed by atoms with E-state index in [0.29, 0.717) is 12.8 Å². The van der Waals surface area contributed by atoms with Gasteiger partial charge in [-0.25, -0.2) is 0 Å². The predicted octanol–water partition coefficient (Wildman–Crippen LogP) is 3.57. The summed E-state index contributed by atoms with van der Waals surface area (Å²) in [7, 11) is 0. The minimum Gasteiger partial charge on any atom is -0.454 e. The summed E-state index contributed by atoms with van der Waals surface area (Å²) in [6.45, 7) is 5.42. The maximum Gasteiger partial charge on any atom is 0.231 e. The van der Waals surface area contributed by atoms with Crippen molar-refractivity contribution in [1.82, 2.24) is 5.32 Å². The summed E-state index contributed by atoms with van der Waals surface area (Å²) in [6.07, 6.45) is 0. The SMILES string of the molecule is Cc1ccc(C(C)NCc2ccc3c(c2)OCO3)cc1. The van der Waals surface area contributed by atoms with Crippen LogP contribution in [0.15, 0.2) is 42.5 Å². The first kappa shape index (κ1) is 13.0. The van der Waals surface area contributed by atoms with Gasteiger partial charge in [-0.15, -0.1) is 0 Å². The number of benzene rings is 2. The van der Waals surface area contributed by atoms with Gasteiger partial charge in [0.15, 0.2) is 11.5 Å². The maximum absolute atomic E-state index is 5.39. The number of hydrogen-bond donors (Lipinski definition) is 1. The first-order chi connectivity index (χ1) is 9.72. The van der Waals surface area contributed by atoms with E-state index in [0.717, 1.165) is 18.0 Å². The van der Waals surface area contributed by atoms with Crippen molar-refractivity contribution in [2.45, 2.75) is 26.4 Å². The van der Waals surface area contributed by atoms with E-state index in [4.69, 9.17) is 9.47 Å². The van der Waals surface area contributed by atoms with Gasteiger partial charge in [0.1, 0.15) is 0 Å². The monoisotopic (exact) mass is 269 g/mol. The molecule has 0 saturated heterocycles. The van der Waals surface area contributed by atoms with Crippen LogP contribution in [-0.2, 0) is 6.54 Å². The van der Waals surface area contributed by atoms with Crippen molar-refractivity contribution in [3.63, 3.8) is 0 Å². The molecule has 3 heteroatoms. The highest BCUT2D eigenvalue weighted by Crippen LogP contribution is 2.32. The average molecular weight is 269 g/mol. The Morgan fingerprint density at radius 2 is 1.80 bits per heavy atom. The first-order valence-corrected chi connectivity index (χ1v) is 6.91. The first-order valence-electron chi connectivity index (χ1n) is 6.91. The molecule has 2 aromatic carbocycles. The fraction of sp³-hybridized carbons (Fsp3) is 0.294. The van der Waals surface area contributed by atoms with E-state index in [9.17, 15) is 0 Å². The van der Waals surface area contributed by atoms with Crippen LogP contribution in [0.4, 0.5) is 0 Å². The van der Waals surface area contributed by atoms with Gasteiger partial charge in [0.25, 0.3) is 0 Å². The number of nitrogens with one attached hydrogen (secondary N) is 1. The lowest BCUT2D eigenvalue weighted by atomic mass is 10.1. The van der Waals surface area contributed by atoms with E-state index < -0.39 is 0 Å². The number of aryl methyl sites for hydroxylation is 1. The van der Waals surface area contributed by atoms with E-state index >= 15 is 0 Å². The lowest BCUT2D eigenvalue weighted by Crippen LogP contribution is -2.17. The minimum atomic E-state index is 0.320. The highest BCUT2D eigenvalue weighted by molar-refractivity contribution is 5.44. The largest absolute Gasteiger partial charge is 0.454 e. The van der Waals surface area contributed by atoms with Crippen LogP contribution in [0, 0.1) is 6.92 Å². The fourth-order valence-electron chi connectivity index (χ4n) is 2.29. The number of rotatable bonds is 4. The Kier molecular flexibility index (Phi) is 3.61. The van der Waals surface area contributed by atoms with Crippen LogP contribution < -0.4 is 14.8 Å². The third-order valence-corrected chi connectivity index (χ3v) is 3.63. The summed E-state index contributed by atoms with van der Waals surface area (Å²) in [5, 5.41) is 3.53. The van der Waals surface area contributed by atoms with Gasteiger partial charge in [0.2, 0.25) is 6.79 Å². The Morgan fingerprint density at radius 1 is 1.05 bits per heavy atom. The molecule has 0 aromatic heterocycles. The molecule has 0 bridgehead atoms. The van der Waals surface area contributed by atoms with Gasteiger partial charge >= 0.3 is 0 Å². The van der Waals surface area contributed by atoms with Crippen molar-refractivity contribution in [2.75, 3.05) is 6.79 Å². The third-order valence-electron chi connectivity index (χ3n) is 3.63. The Bertz CT molecular complexity index is 592. The van der Waals surface area contributed by atoms with Crippen LogP contribution in [-0.4, -0.2) is 6.79 Å². The molecule has 1 aliphatic rings. The fourth-order valence-corrected chi connectivity index (χ4v) is 2.29. The van der Waals surface area contributed by atoms with Crippen LogP contribution in [0.25, 0.3) is 0 Å². The second kappa shape index (κ2) is 5.55. The number of ether oxygens (including phenoxy) is 2. The third kappa shape index (κ3) is 2.78. The molecule has 2 aromatic rings. The molecule has 20 heavy (non-hydrogen) atoms. The van der Waals surface area contributed by atoms with Gasteiger partial charge < -0.3 is 14.8 Å². The molecule has 1 unspecified atom stereocenters. The Labute approximate surface area is 119 Å². The molecule has 0 amide bonds. The molecule has 3 nitrogen and oxygen atoms in total. The van der Waals surface area contributed by atoms with Crippen molar-refractivity contribution < 1.29 is 9.47 Å². The van der Waals surface area contributed by atoms with E-state index in [1.807, 2.05) is 12.1 Å². The molecular formula is C17H19NO2. The maximum atomic E-state index is 5.39. The molecule has 104 valence electrons. The van der Waals surface area contributed by atoms with E-state index in [1.54, 1.807) is 0 Å². The quantitative estimate of drug-likeness (QED) is 0.920. The standard InChI is InChI=1S/C17H19NO2/c1-12-3-6-15(7-4-12)13(2)18-10-14-5-8-16-17(9-14)20-11-19-16/h3-9,13,18H,10-11H2,1-2H3. The number of hydrogen-bond acceptors (Lipinski definition) is 3. The molecule has 0 saturated carbocycles. The minimum absolute atomic E-state index is 0.320. The van der Waals surface area contributed by atoms with Gasteiger partial charge in [-0.05, 0) is 37.1 Å². The molecule has 0 radical (unpaired) electrons. The van der Waals surface area contributed by atoms with Crippen molar-refractivity contribution in [3.05, 3.63) is 59.2 Å². The molecule has 0 spiro atoms. The zero-order valence-corrected chi connectivity index (χ0v) is 11.8. The van der Waals surface area contributed by atoms with Crippen LogP contribution in [0.5, 0.6) is 11.5 Å². The van der Waals surface area contributed by atoms with Gasteiger partial charge in [-0.3, -0.25) is 0 Å². The van der Waals surface area contributed by atoms with Crippen LogP contribution >= 0.6 is 0 Å². The van der Waals surface area contributed by atoms with E-state index in [2.05, 4.69) is 49.5 Å². The molecule has 1 aliphatic heterocycles. The Balaban J connectivity index is 1.63. The summed E-state index contributed by atoms with van der Waals surface area (Å²) < 4.78 is 10.7. The molecule has 1 heterocycles. The molecular weight excluding hydrogens is 250 g/mol. The highest BCUT2D eigenvalue weighted by atomic mass is 16.7. The van der Waals surface area contributed by atoms with Gasteiger partial charge in [0.05, 0.1) is 0 Å². The second-order valence-electron chi connectivity index (χ2n) is 5.20. The van der Waals surface area contributed by atoms with E-state index in [-0.39, 0.29) is 0 Å². The lowest BCUT2D eigenvalue weighted by molar-refractivity contribution is 0.174. The zero-order valence-electron chi connectivity index (χ0n) is 11.8. The van der Waals surface area contributed by atoms with Crippen molar-refractivity contribution >= 4 is 0 Å². The van der Waals surface area contributed by atoms with Gasteiger partial charge in [-0.2, -0.15) is 0 Å². The molecule has 0 fully saturated rings. The van der Waals surface area contributed by atoms with Gasteiger partial charge in [-0.1, -0.05) is 35.9 Å². The molecule has 0 aliphatic carbocycles. The van der Waals surface area contributed by atoms with Crippen LogP contribution in [0.1, 0.15) is 29.7 Å². The van der Waals surface area contributed by atoms with Crippen molar-refractivity contribution in [2.24, 2.45) is 0 Å². The summed E-state index contributed by atoms with van der Waals surface area (Å²) in [6, 6.07) is 15.0. The van der Waals surface area contributed by atoms with Crippen LogP contribution in [0.2, 0.25) is 0 Å². The average Bonchev–Trinajstić information content (AvgIpc) is 2.93. The summed E-state index contributed by atoms with van der Waals surface area (Å²) in [5.74, 6) is 1.67. The Hall–Kier alpha value is -2.00. The summed E-state index contributed by atoms with van der Waals surface area (Å²) in [5.41, 5.74) is 3.79. The summed E-state index contributed by atoms with van der Waals surface area (Å²) in [4.78, 5) is 0. The second-order valence-corrected chi connectivity index (χ2v) is 5.20. The number of fused-ring (bicyclic) bond motifs is 1. The van der Waals surface area contributed by atoms with Crippen molar-refractivity contribution in [3.8, 4) is 11.5 Å². The predicted molar refractivity (Wildman–Crippen MR) is 79.0 cm³/mol. The van der Waals surface area contributed by atoms with Gasteiger partial charge in [0, 0.05) is 12.6 Å². The lowest BCUT2D eigenvalue weighted by Gasteiger charge is -2.14. The topological polar surface area (TPSA) is 30.5 Å². The van der Waals surface area contributed by atoms with Crippen molar-refractivity contribution in [1.29, 1.82) is 0 Å². The van der Waals surface area contributed by atoms with Crippen LogP contribution in [0.3, 0.4) is 0 Å². The molecule has 1 N–H and O–H groups in total. The van der Waals surface area contributed by atoms with E-state index in [1.165, 1.54) is 16.7 Å². The molecule has 1 atom stereocenters. The normalized spacial score (nSPS) is 14.3. The highest BCUT2D eigenvalue weighted by Gasteiger charge is 2.13. The zero-order chi connectivity index (χ0) is 13.9.